The monoisotopic (exact) mass is 255 g/mol. The summed E-state index contributed by atoms with van der Waals surface area (Å²) >= 11 is 0. The highest BCUT2D eigenvalue weighted by molar-refractivity contribution is 5.96. The minimum absolute atomic E-state index is 0.130. The Bertz CT molecular complexity index is 608. The summed E-state index contributed by atoms with van der Waals surface area (Å²) in [5.74, 6) is -0.130. The molecule has 19 heavy (non-hydrogen) atoms. The third-order valence-corrected chi connectivity index (χ3v) is 3.15. The van der Waals surface area contributed by atoms with Crippen LogP contribution in [0.25, 0.3) is 0 Å². The highest BCUT2D eigenvalue weighted by atomic mass is 16.1. The zero-order valence-electron chi connectivity index (χ0n) is 11.1. The predicted octanol–water partition coefficient (Wildman–Crippen LogP) is 2.21. The molecule has 0 saturated carbocycles. The van der Waals surface area contributed by atoms with E-state index >= 15 is 0 Å². The number of carbonyl (C=O) groups is 1. The molecule has 98 valence electrons. The van der Waals surface area contributed by atoms with Gasteiger partial charge in [0.25, 0.3) is 5.91 Å². The van der Waals surface area contributed by atoms with E-state index in [0.29, 0.717) is 17.8 Å². The SMILES string of the molecule is Cc1cccnc1CNC(=O)c1cccc(N)c1C. The second-order valence-electron chi connectivity index (χ2n) is 4.47. The van der Waals surface area contributed by atoms with E-state index in [1.807, 2.05) is 26.0 Å². The van der Waals surface area contributed by atoms with Crippen molar-refractivity contribution >= 4 is 11.6 Å². The van der Waals surface area contributed by atoms with Gasteiger partial charge in [0, 0.05) is 17.4 Å². The quantitative estimate of drug-likeness (QED) is 0.826. The molecule has 0 aliphatic carbocycles. The van der Waals surface area contributed by atoms with Crippen molar-refractivity contribution in [3.8, 4) is 0 Å². The highest BCUT2D eigenvalue weighted by Crippen LogP contribution is 2.15. The van der Waals surface area contributed by atoms with E-state index in [-0.39, 0.29) is 5.91 Å². The summed E-state index contributed by atoms with van der Waals surface area (Å²) in [5.41, 5.74) is 9.77. The van der Waals surface area contributed by atoms with E-state index < -0.39 is 0 Å². The summed E-state index contributed by atoms with van der Waals surface area (Å²) < 4.78 is 0. The first-order valence-corrected chi connectivity index (χ1v) is 6.13. The molecule has 1 aromatic heterocycles. The summed E-state index contributed by atoms with van der Waals surface area (Å²) in [6.07, 6.45) is 1.72. The second-order valence-corrected chi connectivity index (χ2v) is 4.47. The van der Waals surface area contributed by atoms with E-state index in [1.54, 1.807) is 24.4 Å². The summed E-state index contributed by atoms with van der Waals surface area (Å²) in [6, 6.07) is 9.19. The third kappa shape index (κ3) is 2.91. The lowest BCUT2D eigenvalue weighted by Crippen LogP contribution is -2.24. The molecule has 1 heterocycles. The van der Waals surface area contributed by atoms with Crippen molar-refractivity contribution in [1.29, 1.82) is 0 Å². The number of nitrogens with zero attached hydrogens (tertiary/aromatic N) is 1. The van der Waals surface area contributed by atoms with Crippen LogP contribution >= 0.6 is 0 Å². The van der Waals surface area contributed by atoms with Crippen molar-refractivity contribution in [2.45, 2.75) is 20.4 Å². The van der Waals surface area contributed by atoms with Crippen LogP contribution in [0.2, 0.25) is 0 Å². The Morgan fingerprint density at radius 1 is 1.26 bits per heavy atom. The number of aryl methyl sites for hydroxylation is 1. The van der Waals surface area contributed by atoms with Crippen LogP contribution in [0.4, 0.5) is 5.69 Å². The number of nitrogens with two attached hydrogens (primary N) is 1. The molecular formula is C15H17N3O. The van der Waals surface area contributed by atoms with Crippen LogP contribution in [-0.2, 0) is 6.54 Å². The average Bonchev–Trinajstić information content (AvgIpc) is 2.40. The summed E-state index contributed by atoms with van der Waals surface area (Å²) in [7, 11) is 0. The first kappa shape index (κ1) is 13.1. The molecule has 0 bridgehead atoms. The number of pyridine rings is 1. The molecule has 0 spiro atoms. The Morgan fingerprint density at radius 3 is 2.79 bits per heavy atom. The van der Waals surface area contributed by atoms with Crippen LogP contribution in [0, 0.1) is 13.8 Å². The lowest BCUT2D eigenvalue weighted by atomic mass is 10.1. The van der Waals surface area contributed by atoms with Crippen LogP contribution in [0.15, 0.2) is 36.5 Å². The summed E-state index contributed by atoms with van der Waals surface area (Å²) in [4.78, 5) is 16.4. The number of aromatic nitrogens is 1. The van der Waals surface area contributed by atoms with Gasteiger partial charge < -0.3 is 11.1 Å². The predicted molar refractivity (Wildman–Crippen MR) is 75.7 cm³/mol. The minimum atomic E-state index is -0.130. The molecule has 3 N–H and O–H groups in total. The number of amides is 1. The van der Waals surface area contributed by atoms with Gasteiger partial charge in [0.2, 0.25) is 0 Å². The van der Waals surface area contributed by atoms with Crippen molar-refractivity contribution in [2.75, 3.05) is 5.73 Å². The standard InChI is InChI=1S/C15H17N3O/c1-10-5-4-8-17-14(10)9-18-15(19)12-6-3-7-13(16)11(12)2/h3-8H,9,16H2,1-2H3,(H,18,19). The van der Waals surface area contributed by atoms with Crippen molar-refractivity contribution in [1.82, 2.24) is 10.3 Å². The topological polar surface area (TPSA) is 68.0 Å². The molecule has 0 atom stereocenters. The number of nitrogen functional groups attached to an aromatic ring is 1. The summed E-state index contributed by atoms with van der Waals surface area (Å²) in [5, 5.41) is 2.87. The van der Waals surface area contributed by atoms with Crippen LogP contribution in [-0.4, -0.2) is 10.9 Å². The van der Waals surface area contributed by atoms with Gasteiger partial charge in [-0.3, -0.25) is 9.78 Å². The molecule has 0 radical (unpaired) electrons. The molecule has 0 aliphatic rings. The maximum atomic E-state index is 12.1. The highest BCUT2D eigenvalue weighted by Gasteiger charge is 2.10. The molecule has 0 saturated heterocycles. The van der Waals surface area contributed by atoms with Gasteiger partial charge in [-0.15, -0.1) is 0 Å². The van der Waals surface area contributed by atoms with E-state index in [0.717, 1.165) is 16.8 Å². The molecule has 4 nitrogen and oxygen atoms in total. The lowest BCUT2D eigenvalue weighted by molar-refractivity contribution is 0.0950. The fourth-order valence-electron chi connectivity index (χ4n) is 1.86. The normalized spacial score (nSPS) is 10.2. The maximum absolute atomic E-state index is 12.1. The minimum Gasteiger partial charge on any atom is -0.398 e. The van der Waals surface area contributed by atoms with Crippen molar-refractivity contribution in [3.63, 3.8) is 0 Å². The van der Waals surface area contributed by atoms with Crippen LogP contribution in [0.5, 0.6) is 0 Å². The molecule has 0 aliphatic heterocycles. The van der Waals surface area contributed by atoms with Gasteiger partial charge in [-0.25, -0.2) is 0 Å². The van der Waals surface area contributed by atoms with E-state index in [4.69, 9.17) is 5.73 Å². The van der Waals surface area contributed by atoms with Crippen LogP contribution in [0.3, 0.4) is 0 Å². The smallest absolute Gasteiger partial charge is 0.251 e. The molecule has 1 amide bonds. The number of carbonyl (C=O) groups excluding carboxylic acids is 1. The molecule has 1 aromatic carbocycles. The van der Waals surface area contributed by atoms with Crippen LogP contribution < -0.4 is 11.1 Å². The van der Waals surface area contributed by atoms with Gasteiger partial charge in [0.05, 0.1) is 12.2 Å². The van der Waals surface area contributed by atoms with Crippen molar-refractivity contribution < 1.29 is 4.79 Å². The fourth-order valence-corrected chi connectivity index (χ4v) is 1.86. The largest absolute Gasteiger partial charge is 0.398 e. The zero-order chi connectivity index (χ0) is 13.8. The fraction of sp³-hybridized carbons (Fsp3) is 0.200. The first-order chi connectivity index (χ1) is 9.09. The maximum Gasteiger partial charge on any atom is 0.251 e. The number of benzene rings is 1. The average molecular weight is 255 g/mol. The Kier molecular flexibility index (Phi) is 3.80. The van der Waals surface area contributed by atoms with E-state index in [9.17, 15) is 4.79 Å². The van der Waals surface area contributed by atoms with Crippen LogP contribution in [0.1, 0.15) is 27.2 Å². The summed E-state index contributed by atoms with van der Waals surface area (Å²) in [6.45, 7) is 4.23. The molecule has 2 aromatic rings. The Balaban J connectivity index is 2.10. The van der Waals surface area contributed by atoms with Crippen molar-refractivity contribution in [3.05, 3.63) is 58.9 Å². The number of hydrogen-bond donors (Lipinski definition) is 2. The van der Waals surface area contributed by atoms with Gasteiger partial charge in [-0.05, 0) is 43.2 Å². The Labute approximate surface area is 112 Å². The van der Waals surface area contributed by atoms with Gasteiger partial charge in [0.1, 0.15) is 0 Å². The van der Waals surface area contributed by atoms with E-state index in [2.05, 4.69) is 10.3 Å². The zero-order valence-corrected chi connectivity index (χ0v) is 11.1. The number of anilines is 1. The molecule has 0 fully saturated rings. The Morgan fingerprint density at radius 2 is 2.05 bits per heavy atom. The number of nitrogens with one attached hydrogen (secondary N) is 1. The second kappa shape index (κ2) is 5.52. The van der Waals surface area contributed by atoms with Gasteiger partial charge in [-0.1, -0.05) is 12.1 Å². The Hall–Kier alpha value is -2.36. The van der Waals surface area contributed by atoms with E-state index in [1.165, 1.54) is 0 Å². The molecule has 2 rings (SSSR count). The number of hydrogen-bond acceptors (Lipinski definition) is 3. The van der Waals surface area contributed by atoms with Gasteiger partial charge >= 0.3 is 0 Å². The van der Waals surface area contributed by atoms with Crippen molar-refractivity contribution in [2.24, 2.45) is 0 Å². The number of rotatable bonds is 3. The molecule has 0 unspecified atom stereocenters. The van der Waals surface area contributed by atoms with Gasteiger partial charge in [-0.2, -0.15) is 0 Å². The lowest BCUT2D eigenvalue weighted by Gasteiger charge is -2.10. The molecular weight excluding hydrogens is 238 g/mol. The molecule has 4 heteroatoms. The van der Waals surface area contributed by atoms with Gasteiger partial charge in [0.15, 0.2) is 0 Å². The third-order valence-electron chi connectivity index (χ3n) is 3.15. The first-order valence-electron chi connectivity index (χ1n) is 6.13.